The minimum absolute atomic E-state index is 0.289. The van der Waals surface area contributed by atoms with Gasteiger partial charge in [0, 0.05) is 0 Å². The highest BCUT2D eigenvalue weighted by atomic mass is 16.5. The molecule has 2 rings (SSSR count). The average molecular weight is 264 g/mol. The molecule has 0 radical (unpaired) electrons. The van der Waals surface area contributed by atoms with Crippen molar-refractivity contribution in [2.45, 2.75) is 6.92 Å². The van der Waals surface area contributed by atoms with Gasteiger partial charge in [-0.05, 0) is 42.8 Å². The smallest absolute Gasteiger partial charge is 0.169 e. The third-order valence-corrected chi connectivity index (χ3v) is 2.78. The molecule has 4 nitrogen and oxygen atoms in total. The summed E-state index contributed by atoms with van der Waals surface area (Å²) in [5.74, 6) is 1.67. The summed E-state index contributed by atoms with van der Waals surface area (Å²) in [6, 6.07) is 14.3. The third-order valence-electron chi connectivity index (χ3n) is 2.78. The zero-order valence-electron chi connectivity index (χ0n) is 11.2. The van der Waals surface area contributed by atoms with E-state index >= 15 is 0 Å². The maximum atomic E-state index is 9.00. The van der Waals surface area contributed by atoms with Crippen molar-refractivity contribution in [3.8, 4) is 29.4 Å². The molecule has 0 aliphatic heterocycles. The number of aryl methyl sites for hydroxylation is 1. The van der Waals surface area contributed by atoms with Crippen molar-refractivity contribution in [1.29, 1.82) is 10.5 Å². The molecule has 0 saturated heterocycles. The van der Waals surface area contributed by atoms with Crippen LogP contribution < -0.4 is 9.47 Å². The predicted molar refractivity (Wildman–Crippen MR) is 73.7 cm³/mol. The van der Waals surface area contributed by atoms with Gasteiger partial charge in [0.1, 0.15) is 17.9 Å². The molecular formula is C16H12N2O2. The summed E-state index contributed by atoms with van der Waals surface area (Å²) in [5, 5.41) is 17.9. The second-order valence-corrected chi connectivity index (χ2v) is 4.19. The van der Waals surface area contributed by atoms with Crippen molar-refractivity contribution in [2.75, 3.05) is 7.11 Å². The lowest BCUT2D eigenvalue weighted by Gasteiger charge is -2.11. The number of rotatable bonds is 3. The molecule has 0 fully saturated rings. The van der Waals surface area contributed by atoms with Gasteiger partial charge in [0.25, 0.3) is 0 Å². The summed E-state index contributed by atoms with van der Waals surface area (Å²) in [6.07, 6.45) is 0. The highest BCUT2D eigenvalue weighted by molar-refractivity contribution is 5.51. The highest BCUT2D eigenvalue weighted by Crippen LogP contribution is 2.32. The van der Waals surface area contributed by atoms with Crippen LogP contribution in [0.25, 0.3) is 0 Å². The SMILES string of the molecule is COc1ccc(C)cc1Oc1ccc(C#N)c(C#N)c1. The van der Waals surface area contributed by atoms with Gasteiger partial charge in [-0.2, -0.15) is 10.5 Å². The molecule has 0 unspecified atom stereocenters. The molecule has 98 valence electrons. The van der Waals surface area contributed by atoms with Gasteiger partial charge >= 0.3 is 0 Å². The van der Waals surface area contributed by atoms with Crippen LogP contribution in [0.4, 0.5) is 0 Å². The number of methoxy groups -OCH3 is 1. The molecule has 0 saturated carbocycles. The van der Waals surface area contributed by atoms with E-state index in [0.717, 1.165) is 5.56 Å². The van der Waals surface area contributed by atoms with Crippen molar-refractivity contribution in [3.63, 3.8) is 0 Å². The summed E-state index contributed by atoms with van der Waals surface area (Å²) < 4.78 is 11.0. The maximum Gasteiger partial charge on any atom is 0.169 e. The molecule has 0 aromatic heterocycles. The number of hydrogen-bond donors (Lipinski definition) is 0. The lowest BCUT2D eigenvalue weighted by molar-refractivity contribution is 0.378. The first-order valence-corrected chi connectivity index (χ1v) is 5.94. The van der Waals surface area contributed by atoms with Crippen molar-refractivity contribution in [3.05, 3.63) is 53.1 Å². The van der Waals surface area contributed by atoms with E-state index in [0.29, 0.717) is 22.8 Å². The summed E-state index contributed by atoms with van der Waals surface area (Å²) in [7, 11) is 1.57. The topological polar surface area (TPSA) is 66.0 Å². The number of ether oxygens (including phenoxy) is 2. The Hall–Kier alpha value is -2.98. The molecule has 0 amide bonds. The Kier molecular flexibility index (Phi) is 3.88. The van der Waals surface area contributed by atoms with Crippen LogP contribution in [0, 0.1) is 29.6 Å². The Morgan fingerprint density at radius 3 is 2.30 bits per heavy atom. The van der Waals surface area contributed by atoms with Crippen LogP contribution in [-0.2, 0) is 0 Å². The lowest BCUT2D eigenvalue weighted by Crippen LogP contribution is -1.92. The molecule has 0 aliphatic carbocycles. The second kappa shape index (κ2) is 5.77. The second-order valence-electron chi connectivity index (χ2n) is 4.19. The van der Waals surface area contributed by atoms with Crippen molar-refractivity contribution < 1.29 is 9.47 Å². The van der Waals surface area contributed by atoms with E-state index in [-0.39, 0.29) is 5.56 Å². The van der Waals surface area contributed by atoms with Crippen LogP contribution in [0.1, 0.15) is 16.7 Å². The molecule has 2 aromatic carbocycles. The molecule has 0 N–H and O–H groups in total. The first kappa shape index (κ1) is 13.5. The lowest BCUT2D eigenvalue weighted by atomic mass is 10.1. The molecule has 20 heavy (non-hydrogen) atoms. The van der Waals surface area contributed by atoms with Gasteiger partial charge in [-0.3, -0.25) is 0 Å². The summed E-state index contributed by atoms with van der Waals surface area (Å²) in [6.45, 7) is 1.95. The molecule has 2 aromatic rings. The van der Waals surface area contributed by atoms with E-state index in [1.807, 2.05) is 37.3 Å². The Morgan fingerprint density at radius 2 is 1.65 bits per heavy atom. The fourth-order valence-electron chi connectivity index (χ4n) is 1.77. The molecule has 0 aliphatic rings. The van der Waals surface area contributed by atoms with Crippen LogP contribution in [0.3, 0.4) is 0 Å². The summed E-state index contributed by atoms with van der Waals surface area (Å²) >= 11 is 0. The van der Waals surface area contributed by atoms with E-state index in [2.05, 4.69) is 0 Å². The Balaban J connectivity index is 2.38. The zero-order valence-corrected chi connectivity index (χ0v) is 11.2. The Bertz CT molecular complexity index is 724. The fraction of sp³-hybridized carbons (Fsp3) is 0.125. The van der Waals surface area contributed by atoms with Gasteiger partial charge in [0.05, 0.1) is 18.2 Å². The van der Waals surface area contributed by atoms with E-state index < -0.39 is 0 Å². The van der Waals surface area contributed by atoms with E-state index in [1.54, 1.807) is 25.3 Å². The zero-order chi connectivity index (χ0) is 14.5. The standard InChI is InChI=1S/C16H12N2O2/c1-11-3-6-15(19-2)16(7-11)20-14-5-4-12(9-17)13(8-14)10-18/h3-8H,1-2H3. The molecule has 0 spiro atoms. The first-order chi connectivity index (χ1) is 9.67. The summed E-state index contributed by atoms with van der Waals surface area (Å²) in [5.41, 5.74) is 1.66. The van der Waals surface area contributed by atoms with Gasteiger partial charge < -0.3 is 9.47 Å². The Morgan fingerprint density at radius 1 is 0.900 bits per heavy atom. The highest BCUT2D eigenvalue weighted by Gasteiger charge is 2.08. The van der Waals surface area contributed by atoms with Crippen molar-refractivity contribution in [1.82, 2.24) is 0 Å². The fourth-order valence-corrected chi connectivity index (χ4v) is 1.77. The van der Waals surface area contributed by atoms with Crippen LogP contribution in [0.15, 0.2) is 36.4 Å². The first-order valence-electron chi connectivity index (χ1n) is 5.94. The number of benzene rings is 2. The number of nitrogens with zero attached hydrogens (tertiary/aromatic N) is 2. The molecule has 0 bridgehead atoms. The van der Waals surface area contributed by atoms with Crippen molar-refractivity contribution >= 4 is 0 Å². The molecule has 0 heterocycles. The quantitative estimate of drug-likeness (QED) is 0.850. The van der Waals surface area contributed by atoms with Crippen LogP contribution in [-0.4, -0.2) is 7.11 Å². The average Bonchev–Trinajstić information content (AvgIpc) is 2.47. The number of hydrogen-bond acceptors (Lipinski definition) is 4. The van der Waals surface area contributed by atoms with Gasteiger partial charge in [-0.15, -0.1) is 0 Å². The third kappa shape index (κ3) is 2.71. The van der Waals surface area contributed by atoms with Crippen LogP contribution in [0.5, 0.6) is 17.2 Å². The molecular weight excluding hydrogens is 252 g/mol. The minimum Gasteiger partial charge on any atom is -0.493 e. The van der Waals surface area contributed by atoms with Gasteiger partial charge in [0.2, 0.25) is 0 Å². The molecule has 0 atom stereocenters. The maximum absolute atomic E-state index is 9.00. The van der Waals surface area contributed by atoms with E-state index in [4.69, 9.17) is 20.0 Å². The van der Waals surface area contributed by atoms with E-state index in [9.17, 15) is 0 Å². The van der Waals surface area contributed by atoms with Gasteiger partial charge in [-0.1, -0.05) is 6.07 Å². The minimum atomic E-state index is 0.289. The normalized spacial score (nSPS) is 9.40. The van der Waals surface area contributed by atoms with Crippen LogP contribution >= 0.6 is 0 Å². The van der Waals surface area contributed by atoms with E-state index in [1.165, 1.54) is 0 Å². The monoisotopic (exact) mass is 264 g/mol. The van der Waals surface area contributed by atoms with Gasteiger partial charge in [-0.25, -0.2) is 0 Å². The molecule has 4 heteroatoms. The summed E-state index contributed by atoms with van der Waals surface area (Å²) in [4.78, 5) is 0. The van der Waals surface area contributed by atoms with Crippen molar-refractivity contribution in [2.24, 2.45) is 0 Å². The largest absolute Gasteiger partial charge is 0.493 e. The number of nitriles is 2. The predicted octanol–water partition coefficient (Wildman–Crippen LogP) is 3.54. The Labute approximate surface area is 117 Å². The van der Waals surface area contributed by atoms with Gasteiger partial charge in [0.15, 0.2) is 11.5 Å². The van der Waals surface area contributed by atoms with Crippen LogP contribution in [0.2, 0.25) is 0 Å².